The standard InChI is InChI=1S/C13H15BrO3/c1-2-17-13(16)6-4-3-5-10-9-11(14)7-8-12(10)15/h4,6-9,15H,2-3,5H2,1H3/b6-4+. The Labute approximate surface area is 109 Å². The summed E-state index contributed by atoms with van der Waals surface area (Å²) in [4.78, 5) is 11.0. The molecule has 1 rings (SSSR count). The van der Waals surface area contributed by atoms with Gasteiger partial charge in [0.25, 0.3) is 0 Å². The summed E-state index contributed by atoms with van der Waals surface area (Å²) < 4.78 is 5.68. The number of carbonyl (C=O) groups excluding carboxylic acids is 1. The highest BCUT2D eigenvalue weighted by atomic mass is 79.9. The lowest BCUT2D eigenvalue weighted by Gasteiger charge is -2.03. The van der Waals surface area contributed by atoms with Gasteiger partial charge in [-0.15, -0.1) is 0 Å². The number of benzene rings is 1. The number of rotatable bonds is 5. The number of hydrogen-bond donors (Lipinski definition) is 1. The Morgan fingerprint density at radius 3 is 3.00 bits per heavy atom. The molecule has 0 bridgehead atoms. The van der Waals surface area contributed by atoms with E-state index in [1.54, 1.807) is 25.1 Å². The van der Waals surface area contributed by atoms with E-state index < -0.39 is 0 Å². The van der Waals surface area contributed by atoms with Gasteiger partial charge >= 0.3 is 5.97 Å². The monoisotopic (exact) mass is 298 g/mol. The van der Waals surface area contributed by atoms with Crippen molar-refractivity contribution in [1.82, 2.24) is 0 Å². The molecule has 0 spiro atoms. The van der Waals surface area contributed by atoms with Crippen LogP contribution in [0.5, 0.6) is 5.75 Å². The van der Waals surface area contributed by atoms with Crippen molar-refractivity contribution in [1.29, 1.82) is 0 Å². The molecule has 0 atom stereocenters. The average Bonchev–Trinajstić information content (AvgIpc) is 2.29. The zero-order chi connectivity index (χ0) is 12.7. The minimum absolute atomic E-state index is 0.276. The molecule has 0 aliphatic heterocycles. The van der Waals surface area contributed by atoms with E-state index in [9.17, 15) is 9.90 Å². The van der Waals surface area contributed by atoms with Gasteiger partial charge in [0.2, 0.25) is 0 Å². The van der Waals surface area contributed by atoms with Crippen LogP contribution in [0.25, 0.3) is 0 Å². The molecule has 0 fully saturated rings. The first-order chi connectivity index (χ1) is 8.13. The SMILES string of the molecule is CCOC(=O)/C=C/CCc1cc(Br)ccc1O. The molecule has 0 amide bonds. The van der Waals surface area contributed by atoms with Crippen molar-refractivity contribution in [2.24, 2.45) is 0 Å². The summed E-state index contributed by atoms with van der Waals surface area (Å²) in [7, 11) is 0. The molecule has 3 nitrogen and oxygen atoms in total. The highest BCUT2D eigenvalue weighted by Crippen LogP contribution is 2.23. The van der Waals surface area contributed by atoms with Gasteiger partial charge in [-0.1, -0.05) is 22.0 Å². The molecule has 1 aromatic carbocycles. The molecule has 0 unspecified atom stereocenters. The maximum Gasteiger partial charge on any atom is 0.330 e. The summed E-state index contributed by atoms with van der Waals surface area (Å²) in [6, 6.07) is 5.30. The van der Waals surface area contributed by atoms with Crippen LogP contribution in [0.3, 0.4) is 0 Å². The molecule has 1 aromatic rings. The van der Waals surface area contributed by atoms with Crippen LogP contribution in [0.4, 0.5) is 0 Å². The third-order valence-corrected chi connectivity index (χ3v) is 2.66. The highest BCUT2D eigenvalue weighted by Gasteiger charge is 2.00. The fraction of sp³-hybridized carbons (Fsp3) is 0.308. The van der Waals surface area contributed by atoms with E-state index in [0.29, 0.717) is 19.4 Å². The quantitative estimate of drug-likeness (QED) is 0.671. The normalized spacial score (nSPS) is 10.7. The molecule has 4 heteroatoms. The van der Waals surface area contributed by atoms with Crippen molar-refractivity contribution < 1.29 is 14.6 Å². The van der Waals surface area contributed by atoms with Gasteiger partial charge in [0.05, 0.1) is 6.61 Å². The second kappa shape index (κ2) is 7.12. The fourth-order valence-electron chi connectivity index (χ4n) is 1.36. The molecule has 0 radical (unpaired) electrons. The Bertz CT molecular complexity index is 413. The molecule has 0 saturated carbocycles. The molecule has 0 aliphatic carbocycles. The lowest BCUT2D eigenvalue weighted by atomic mass is 10.1. The Hall–Kier alpha value is -1.29. The number of phenolic OH excluding ortho intramolecular Hbond substituents is 1. The zero-order valence-electron chi connectivity index (χ0n) is 9.65. The van der Waals surface area contributed by atoms with Crippen molar-refractivity contribution >= 4 is 21.9 Å². The number of aromatic hydroxyl groups is 1. The number of phenols is 1. The third kappa shape index (κ3) is 5.04. The van der Waals surface area contributed by atoms with Crippen LogP contribution in [-0.4, -0.2) is 17.7 Å². The summed E-state index contributed by atoms with van der Waals surface area (Å²) in [6.45, 7) is 2.15. The number of aryl methyl sites for hydroxylation is 1. The van der Waals surface area contributed by atoms with Gasteiger partial charge in [-0.3, -0.25) is 0 Å². The average molecular weight is 299 g/mol. The molecular weight excluding hydrogens is 284 g/mol. The molecule has 0 aliphatic rings. The maximum atomic E-state index is 11.0. The van der Waals surface area contributed by atoms with Crippen LogP contribution in [0.15, 0.2) is 34.8 Å². The number of carbonyl (C=O) groups is 1. The smallest absolute Gasteiger partial charge is 0.330 e. The van der Waals surface area contributed by atoms with E-state index in [4.69, 9.17) is 4.74 Å². The van der Waals surface area contributed by atoms with Crippen molar-refractivity contribution in [3.63, 3.8) is 0 Å². The van der Waals surface area contributed by atoms with Gasteiger partial charge < -0.3 is 9.84 Å². The second-order valence-corrected chi connectivity index (χ2v) is 4.38. The summed E-state index contributed by atoms with van der Waals surface area (Å²) in [6.07, 6.45) is 4.53. The van der Waals surface area contributed by atoms with E-state index in [0.717, 1.165) is 10.0 Å². The topological polar surface area (TPSA) is 46.5 Å². The Kier molecular flexibility index (Phi) is 5.77. The van der Waals surface area contributed by atoms with Crippen LogP contribution < -0.4 is 0 Å². The number of ether oxygens (including phenoxy) is 1. The van der Waals surface area contributed by atoms with E-state index in [1.807, 2.05) is 6.07 Å². The van der Waals surface area contributed by atoms with Gasteiger partial charge in [-0.25, -0.2) is 4.79 Å². The van der Waals surface area contributed by atoms with Crippen LogP contribution in [0.2, 0.25) is 0 Å². The number of halogens is 1. The fourth-order valence-corrected chi connectivity index (χ4v) is 1.77. The minimum atomic E-state index is -0.328. The number of allylic oxidation sites excluding steroid dienone is 1. The van der Waals surface area contributed by atoms with Gasteiger partial charge in [0.1, 0.15) is 5.75 Å². The van der Waals surface area contributed by atoms with E-state index in [2.05, 4.69) is 15.9 Å². The molecule has 0 saturated heterocycles. The van der Waals surface area contributed by atoms with Crippen molar-refractivity contribution in [2.45, 2.75) is 19.8 Å². The third-order valence-electron chi connectivity index (χ3n) is 2.16. The van der Waals surface area contributed by atoms with Crippen LogP contribution in [0.1, 0.15) is 18.9 Å². The second-order valence-electron chi connectivity index (χ2n) is 3.47. The summed E-state index contributed by atoms with van der Waals surface area (Å²) in [5.41, 5.74) is 0.855. The number of esters is 1. The highest BCUT2D eigenvalue weighted by molar-refractivity contribution is 9.10. The molecule has 17 heavy (non-hydrogen) atoms. The van der Waals surface area contributed by atoms with E-state index in [-0.39, 0.29) is 11.7 Å². The zero-order valence-corrected chi connectivity index (χ0v) is 11.2. The number of hydrogen-bond acceptors (Lipinski definition) is 3. The predicted octanol–water partition coefficient (Wildman–Crippen LogP) is 3.21. The van der Waals surface area contributed by atoms with Gasteiger partial charge in [-0.05, 0) is 43.5 Å². The van der Waals surface area contributed by atoms with Crippen LogP contribution in [-0.2, 0) is 16.0 Å². The van der Waals surface area contributed by atoms with Crippen molar-refractivity contribution in [3.05, 3.63) is 40.4 Å². The Balaban J connectivity index is 2.45. The van der Waals surface area contributed by atoms with E-state index >= 15 is 0 Å². The van der Waals surface area contributed by atoms with Crippen LogP contribution >= 0.6 is 15.9 Å². The van der Waals surface area contributed by atoms with Gasteiger partial charge in [0, 0.05) is 10.5 Å². The molecule has 92 valence electrons. The molecule has 1 N–H and O–H groups in total. The Morgan fingerprint density at radius 1 is 1.53 bits per heavy atom. The summed E-state index contributed by atoms with van der Waals surface area (Å²) in [5.74, 6) is -0.0521. The lowest BCUT2D eigenvalue weighted by molar-refractivity contribution is -0.137. The first-order valence-corrected chi connectivity index (χ1v) is 6.23. The summed E-state index contributed by atoms with van der Waals surface area (Å²) in [5, 5.41) is 9.59. The van der Waals surface area contributed by atoms with Gasteiger partial charge in [0.15, 0.2) is 0 Å². The van der Waals surface area contributed by atoms with E-state index in [1.165, 1.54) is 6.08 Å². The van der Waals surface area contributed by atoms with Crippen molar-refractivity contribution in [2.75, 3.05) is 6.61 Å². The first-order valence-electron chi connectivity index (χ1n) is 5.44. The molecule has 0 heterocycles. The van der Waals surface area contributed by atoms with Crippen LogP contribution in [0, 0.1) is 0 Å². The predicted molar refractivity (Wildman–Crippen MR) is 69.9 cm³/mol. The first kappa shape index (κ1) is 13.8. The van der Waals surface area contributed by atoms with Crippen molar-refractivity contribution in [3.8, 4) is 5.75 Å². The Morgan fingerprint density at radius 2 is 2.29 bits per heavy atom. The largest absolute Gasteiger partial charge is 0.508 e. The summed E-state index contributed by atoms with van der Waals surface area (Å²) >= 11 is 3.35. The van der Waals surface area contributed by atoms with Gasteiger partial charge in [-0.2, -0.15) is 0 Å². The molecular formula is C13H15BrO3. The lowest BCUT2D eigenvalue weighted by Crippen LogP contribution is -1.98. The molecule has 0 aromatic heterocycles. The maximum absolute atomic E-state index is 11.0. The minimum Gasteiger partial charge on any atom is -0.508 e.